The SMILES string of the molecule is FCC(c1ccccc1)C(F)(F)F. The molecule has 0 heterocycles. The lowest BCUT2D eigenvalue weighted by Gasteiger charge is -2.16. The fraction of sp³-hybridized carbons (Fsp3) is 0.333. The van der Waals surface area contributed by atoms with Gasteiger partial charge in [0.15, 0.2) is 0 Å². The van der Waals surface area contributed by atoms with E-state index >= 15 is 0 Å². The molecule has 0 saturated heterocycles. The van der Waals surface area contributed by atoms with Crippen LogP contribution in [0.5, 0.6) is 0 Å². The summed E-state index contributed by atoms with van der Waals surface area (Å²) in [5.74, 6) is -1.99. The molecule has 0 saturated carbocycles. The summed E-state index contributed by atoms with van der Waals surface area (Å²) in [4.78, 5) is 0. The van der Waals surface area contributed by atoms with Gasteiger partial charge in [-0.05, 0) is 5.56 Å². The van der Waals surface area contributed by atoms with Crippen LogP contribution in [0.15, 0.2) is 30.3 Å². The predicted octanol–water partition coefficient (Wildman–Crippen LogP) is 3.30. The van der Waals surface area contributed by atoms with Gasteiger partial charge in [0.1, 0.15) is 12.6 Å². The Hall–Kier alpha value is -1.06. The molecule has 1 rings (SSSR count). The number of hydrogen-bond donors (Lipinski definition) is 0. The summed E-state index contributed by atoms with van der Waals surface area (Å²) in [6, 6.07) is 7.07. The highest BCUT2D eigenvalue weighted by Gasteiger charge is 2.40. The van der Waals surface area contributed by atoms with Gasteiger partial charge in [-0.25, -0.2) is 0 Å². The van der Waals surface area contributed by atoms with Gasteiger partial charge in [0, 0.05) is 0 Å². The van der Waals surface area contributed by atoms with Crippen LogP contribution >= 0.6 is 0 Å². The fourth-order valence-electron chi connectivity index (χ4n) is 1.05. The van der Waals surface area contributed by atoms with Gasteiger partial charge in [0.05, 0.1) is 0 Å². The van der Waals surface area contributed by atoms with E-state index in [1.165, 1.54) is 24.3 Å². The van der Waals surface area contributed by atoms with Gasteiger partial charge in [0.25, 0.3) is 0 Å². The first kappa shape index (κ1) is 10.0. The quantitative estimate of drug-likeness (QED) is 0.630. The van der Waals surface area contributed by atoms with Crippen LogP contribution in [0.1, 0.15) is 11.5 Å². The normalized spacial score (nSPS) is 14.2. The molecule has 0 aliphatic carbocycles. The first-order valence-corrected chi connectivity index (χ1v) is 3.73. The molecule has 0 bridgehead atoms. The minimum absolute atomic E-state index is 0.0301. The smallest absolute Gasteiger partial charge is 0.250 e. The largest absolute Gasteiger partial charge is 0.398 e. The molecule has 0 fully saturated rings. The highest BCUT2D eigenvalue weighted by atomic mass is 19.4. The van der Waals surface area contributed by atoms with Crippen molar-refractivity contribution in [3.05, 3.63) is 35.9 Å². The van der Waals surface area contributed by atoms with Crippen LogP contribution in [0, 0.1) is 0 Å². The average molecular weight is 192 g/mol. The van der Waals surface area contributed by atoms with E-state index in [4.69, 9.17) is 0 Å². The van der Waals surface area contributed by atoms with E-state index in [0.29, 0.717) is 0 Å². The Balaban J connectivity index is 2.92. The Kier molecular flexibility index (Phi) is 2.90. The second kappa shape index (κ2) is 3.77. The molecular formula is C9H8F4. The highest BCUT2D eigenvalue weighted by Crippen LogP contribution is 2.34. The van der Waals surface area contributed by atoms with Crippen molar-refractivity contribution in [3.8, 4) is 0 Å². The molecule has 0 aliphatic rings. The molecule has 1 aromatic rings. The van der Waals surface area contributed by atoms with Gasteiger partial charge >= 0.3 is 6.18 Å². The van der Waals surface area contributed by atoms with E-state index in [1.807, 2.05) is 0 Å². The molecule has 0 aromatic heterocycles. The summed E-state index contributed by atoms with van der Waals surface area (Å²) >= 11 is 0. The maximum atomic E-state index is 12.2. The Bertz CT molecular complexity index is 252. The zero-order valence-corrected chi connectivity index (χ0v) is 6.68. The molecule has 0 nitrogen and oxygen atoms in total. The first-order chi connectivity index (χ1) is 6.05. The minimum Gasteiger partial charge on any atom is -0.250 e. The Morgan fingerprint density at radius 2 is 1.62 bits per heavy atom. The second-order valence-corrected chi connectivity index (χ2v) is 2.66. The number of alkyl halides is 4. The van der Waals surface area contributed by atoms with Crippen LogP contribution in [-0.2, 0) is 0 Å². The summed E-state index contributed by atoms with van der Waals surface area (Å²) < 4.78 is 48.6. The monoisotopic (exact) mass is 192 g/mol. The lowest BCUT2D eigenvalue weighted by atomic mass is 10.0. The van der Waals surface area contributed by atoms with E-state index in [0.717, 1.165) is 0 Å². The fourth-order valence-corrected chi connectivity index (χ4v) is 1.05. The molecule has 0 aliphatic heterocycles. The first-order valence-electron chi connectivity index (χ1n) is 3.73. The maximum Gasteiger partial charge on any atom is 0.398 e. The molecule has 4 heteroatoms. The Labute approximate surface area is 73.2 Å². The third-order valence-electron chi connectivity index (χ3n) is 1.75. The average Bonchev–Trinajstić information content (AvgIpc) is 2.05. The molecule has 13 heavy (non-hydrogen) atoms. The molecule has 0 spiro atoms. The van der Waals surface area contributed by atoms with Gasteiger partial charge in [-0.15, -0.1) is 0 Å². The van der Waals surface area contributed by atoms with E-state index in [9.17, 15) is 17.6 Å². The zero-order valence-electron chi connectivity index (χ0n) is 6.68. The zero-order chi connectivity index (χ0) is 9.90. The Morgan fingerprint density at radius 1 is 1.08 bits per heavy atom. The van der Waals surface area contributed by atoms with E-state index in [-0.39, 0.29) is 5.56 Å². The topological polar surface area (TPSA) is 0 Å². The van der Waals surface area contributed by atoms with Crippen LogP contribution in [0.3, 0.4) is 0 Å². The summed E-state index contributed by atoms with van der Waals surface area (Å²) in [7, 11) is 0. The van der Waals surface area contributed by atoms with Crippen LogP contribution in [0.2, 0.25) is 0 Å². The maximum absolute atomic E-state index is 12.2. The van der Waals surface area contributed by atoms with E-state index in [1.54, 1.807) is 6.07 Å². The molecule has 1 aromatic carbocycles. The van der Waals surface area contributed by atoms with Gasteiger partial charge in [-0.2, -0.15) is 13.2 Å². The molecule has 72 valence electrons. The van der Waals surface area contributed by atoms with E-state index in [2.05, 4.69) is 0 Å². The molecule has 0 radical (unpaired) electrons. The van der Waals surface area contributed by atoms with Crippen LogP contribution in [-0.4, -0.2) is 12.9 Å². The Morgan fingerprint density at radius 3 is 2.00 bits per heavy atom. The van der Waals surface area contributed by atoms with Crippen LogP contribution in [0.25, 0.3) is 0 Å². The lowest BCUT2D eigenvalue weighted by Crippen LogP contribution is -2.22. The lowest BCUT2D eigenvalue weighted by molar-refractivity contribution is -0.153. The standard InChI is InChI=1S/C9H8F4/c10-6-8(9(11,12)13)7-4-2-1-3-5-7/h1-5,8H,6H2. The number of rotatable bonds is 2. The molecule has 0 amide bonds. The summed E-state index contributed by atoms with van der Waals surface area (Å²) in [5.41, 5.74) is -0.0301. The summed E-state index contributed by atoms with van der Waals surface area (Å²) in [6.45, 7) is -1.41. The van der Waals surface area contributed by atoms with Crippen LogP contribution in [0.4, 0.5) is 17.6 Å². The van der Waals surface area contributed by atoms with Crippen molar-refractivity contribution >= 4 is 0 Å². The van der Waals surface area contributed by atoms with Crippen molar-refractivity contribution in [1.82, 2.24) is 0 Å². The van der Waals surface area contributed by atoms with Crippen molar-refractivity contribution in [1.29, 1.82) is 0 Å². The summed E-state index contributed by atoms with van der Waals surface area (Å²) in [6.07, 6.45) is -4.50. The van der Waals surface area contributed by atoms with Gasteiger partial charge < -0.3 is 0 Å². The molecular weight excluding hydrogens is 184 g/mol. The number of benzene rings is 1. The van der Waals surface area contributed by atoms with Crippen molar-refractivity contribution in [2.75, 3.05) is 6.67 Å². The number of halogens is 4. The third-order valence-corrected chi connectivity index (χ3v) is 1.75. The summed E-state index contributed by atoms with van der Waals surface area (Å²) in [5, 5.41) is 0. The second-order valence-electron chi connectivity index (χ2n) is 2.66. The van der Waals surface area contributed by atoms with Gasteiger partial charge in [0.2, 0.25) is 0 Å². The third kappa shape index (κ3) is 2.44. The van der Waals surface area contributed by atoms with Gasteiger partial charge in [-0.3, -0.25) is 4.39 Å². The van der Waals surface area contributed by atoms with Crippen molar-refractivity contribution in [2.45, 2.75) is 12.1 Å². The predicted molar refractivity (Wildman–Crippen MR) is 41.2 cm³/mol. The van der Waals surface area contributed by atoms with E-state index < -0.39 is 18.8 Å². The molecule has 1 atom stereocenters. The van der Waals surface area contributed by atoms with Crippen molar-refractivity contribution in [2.24, 2.45) is 0 Å². The van der Waals surface area contributed by atoms with Gasteiger partial charge in [-0.1, -0.05) is 30.3 Å². The highest BCUT2D eigenvalue weighted by molar-refractivity contribution is 5.20. The minimum atomic E-state index is -4.50. The van der Waals surface area contributed by atoms with Crippen molar-refractivity contribution in [3.63, 3.8) is 0 Å². The molecule has 0 N–H and O–H groups in total. The molecule has 1 unspecified atom stereocenters. The number of hydrogen-bond acceptors (Lipinski definition) is 0. The van der Waals surface area contributed by atoms with Crippen molar-refractivity contribution < 1.29 is 17.6 Å². The van der Waals surface area contributed by atoms with Crippen LogP contribution < -0.4 is 0 Å².